The minimum absolute atomic E-state index is 0. The molecule has 4 heteroatoms. The van der Waals surface area contributed by atoms with E-state index in [9.17, 15) is 0 Å². The molecule has 0 bridgehead atoms. The Morgan fingerprint density at radius 3 is 2.17 bits per heavy atom. The Morgan fingerprint density at radius 1 is 1.25 bits per heavy atom. The summed E-state index contributed by atoms with van der Waals surface area (Å²) in [7, 11) is 1.70. The average Bonchev–Trinajstić information content (AvgIpc) is 2.08. The van der Waals surface area contributed by atoms with Crippen LogP contribution in [0.25, 0.3) is 0 Å². The highest BCUT2D eigenvalue weighted by atomic mass is 16.5. The fourth-order valence-corrected chi connectivity index (χ4v) is 0.741. The number of ether oxygens (including phenoxy) is 1. The minimum atomic E-state index is 0. The predicted octanol–water partition coefficient (Wildman–Crippen LogP) is 0.338. The zero-order chi connectivity index (χ0) is 9.23. The molecule has 12 heavy (non-hydrogen) atoms. The lowest BCUT2D eigenvalue weighted by atomic mass is 10.2. The molecule has 65 valence electrons. The third kappa shape index (κ3) is 5.91. The van der Waals surface area contributed by atoms with E-state index in [4.69, 9.17) is 14.8 Å². The summed E-state index contributed by atoms with van der Waals surface area (Å²) in [6, 6.07) is 10.1. The van der Waals surface area contributed by atoms with Crippen LogP contribution in [0.2, 0.25) is 0 Å². The molecule has 0 aliphatic heterocycles. The molecule has 0 fully saturated rings. The summed E-state index contributed by atoms with van der Waals surface area (Å²) in [5, 5.41) is 14.0. The van der Waals surface area contributed by atoms with Crippen molar-refractivity contribution in [2.75, 3.05) is 7.11 Å². The van der Waals surface area contributed by atoms with Crippen molar-refractivity contribution in [1.82, 2.24) is 0 Å². The highest BCUT2D eigenvalue weighted by Crippen LogP contribution is 1.98. The van der Waals surface area contributed by atoms with Crippen molar-refractivity contribution < 1.29 is 14.8 Å². The zero-order valence-electron chi connectivity index (χ0n) is 6.97. The maximum absolute atomic E-state index is 7.00. The molecular formula is C8H12BO3. The molecule has 1 aromatic rings. The van der Waals surface area contributed by atoms with E-state index in [0.717, 1.165) is 0 Å². The van der Waals surface area contributed by atoms with Crippen LogP contribution in [-0.4, -0.2) is 24.8 Å². The summed E-state index contributed by atoms with van der Waals surface area (Å²) in [4.78, 5) is 0. The minimum Gasteiger partial charge on any atom is -0.429 e. The van der Waals surface area contributed by atoms with Gasteiger partial charge in [0.15, 0.2) is 0 Å². The normalized spacial score (nSPS) is 8.25. The van der Waals surface area contributed by atoms with Crippen molar-refractivity contribution in [3.05, 3.63) is 35.9 Å². The van der Waals surface area contributed by atoms with Gasteiger partial charge in [0.25, 0.3) is 0 Å². The van der Waals surface area contributed by atoms with Crippen LogP contribution >= 0.6 is 0 Å². The Balaban J connectivity index is 0.000000354. The van der Waals surface area contributed by atoms with Crippen molar-refractivity contribution in [2.24, 2.45) is 0 Å². The second-order valence-electron chi connectivity index (χ2n) is 2.03. The van der Waals surface area contributed by atoms with E-state index >= 15 is 0 Å². The van der Waals surface area contributed by atoms with E-state index in [1.807, 2.05) is 30.3 Å². The molecule has 0 heterocycles. The SMILES string of the molecule is COCc1ccccc1.O[B]O. The lowest BCUT2D eigenvalue weighted by Crippen LogP contribution is -1.84. The van der Waals surface area contributed by atoms with Gasteiger partial charge in [0.1, 0.15) is 0 Å². The first-order valence-corrected chi connectivity index (χ1v) is 3.48. The Labute approximate surface area is 72.9 Å². The largest absolute Gasteiger partial charge is 0.482 e. The Kier molecular flexibility index (Phi) is 7.69. The fourth-order valence-electron chi connectivity index (χ4n) is 0.741. The summed E-state index contributed by atoms with van der Waals surface area (Å²) in [5.41, 5.74) is 1.22. The van der Waals surface area contributed by atoms with Gasteiger partial charge in [0.2, 0.25) is 0 Å². The zero-order valence-corrected chi connectivity index (χ0v) is 6.97. The number of hydrogen-bond donors (Lipinski definition) is 2. The molecule has 0 atom stereocenters. The third-order valence-corrected chi connectivity index (χ3v) is 1.15. The Bertz CT molecular complexity index is 179. The second-order valence-corrected chi connectivity index (χ2v) is 2.03. The van der Waals surface area contributed by atoms with Crippen molar-refractivity contribution in [2.45, 2.75) is 6.61 Å². The molecule has 1 rings (SSSR count). The van der Waals surface area contributed by atoms with E-state index < -0.39 is 0 Å². The number of hydrogen-bond acceptors (Lipinski definition) is 3. The average molecular weight is 167 g/mol. The lowest BCUT2D eigenvalue weighted by Gasteiger charge is -1.95. The molecular weight excluding hydrogens is 155 g/mol. The first kappa shape index (κ1) is 11.2. The van der Waals surface area contributed by atoms with Crippen molar-refractivity contribution in [3.8, 4) is 0 Å². The van der Waals surface area contributed by atoms with Crippen LogP contribution < -0.4 is 0 Å². The Hall–Kier alpha value is -0.835. The van der Waals surface area contributed by atoms with Gasteiger partial charge in [-0.15, -0.1) is 0 Å². The van der Waals surface area contributed by atoms with Gasteiger partial charge in [-0.1, -0.05) is 30.3 Å². The third-order valence-electron chi connectivity index (χ3n) is 1.15. The van der Waals surface area contributed by atoms with Crippen LogP contribution in [0.3, 0.4) is 0 Å². The van der Waals surface area contributed by atoms with Gasteiger partial charge in [-0.05, 0) is 5.56 Å². The molecule has 1 aromatic carbocycles. The van der Waals surface area contributed by atoms with E-state index in [1.54, 1.807) is 7.11 Å². The van der Waals surface area contributed by atoms with Crippen molar-refractivity contribution >= 4 is 7.69 Å². The highest BCUT2D eigenvalue weighted by molar-refractivity contribution is 6.13. The summed E-state index contributed by atoms with van der Waals surface area (Å²) in [6.45, 7) is 0.709. The summed E-state index contributed by atoms with van der Waals surface area (Å²) in [5.74, 6) is 0. The second kappa shape index (κ2) is 8.26. The molecule has 2 N–H and O–H groups in total. The summed E-state index contributed by atoms with van der Waals surface area (Å²) in [6.07, 6.45) is 0. The number of benzene rings is 1. The number of rotatable bonds is 2. The molecule has 0 amide bonds. The first-order valence-electron chi connectivity index (χ1n) is 3.48. The van der Waals surface area contributed by atoms with Gasteiger partial charge in [-0.25, -0.2) is 0 Å². The van der Waals surface area contributed by atoms with Gasteiger partial charge < -0.3 is 14.8 Å². The maximum Gasteiger partial charge on any atom is 0.482 e. The molecule has 0 saturated heterocycles. The molecule has 0 spiro atoms. The first-order chi connectivity index (χ1) is 5.85. The van der Waals surface area contributed by atoms with Crippen LogP contribution in [0.4, 0.5) is 0 Å². The van der Waals surface area contributed by atoms with E-state index in [1.165, 1.54) is 5.56 Å². The standard InChI is InChI=1S/C8H10O.BH2O2/c1-9-7-8-5-3-2-4-6-8;2-1-3/h2-6H,7H2,1H3;2-3H. The molecule has 1 radical (unpaired) electrons. The van der Waals surface area contributed by atoms with Crippen LogP contribution in [0.15, 0.2) is 30.3 Å². The number of methoxy groups -OCH3 is 1. The van der Waals surface area contributed by atoms with Gasteiger partial charge >= 0.3 is 7.69 Å². The maximum atomic E-state index is 7.00. The molecule has 0 aromatic heterocycles. The summed E-state index contributed by atoms with van der Waals surface area (Å²) < 4.78 is 4.93. The predicted molar refractivity (Wildman–Crippen MR) is 47.3 cm³/mol. The van der Waals surface area contributed by atoms with Crippen molar-refractivity contribution in [3.63, 3.8) is 0 Å². The molecule has 0 aliphatic rings. The van der Waals surface area contributed by atoms with E-state index in [-0.39, 0.29) is 7.69 Å². The van der Waals surface area contributed by atoms with Crippen LogP contribution in [0.1, 0.15) is 5.56 Å². The fraction of sp³-hybridized carbons (Fsp3) is 0.250. The van der Waals surface area contributed by atoms with E-state index in [2.05, 4.69) is 0 Å². The molecule has 0 saturated carbocycles. The van der Waals surface area contributed by atoms with Crippen LogP contribution in [-0.2, 0) is 11.3 Å². The molecule has 0 aliphatic carbocycles. The van der Waals surface area contributed by atoms with Crippen molar-refractivity contribution in [1.29, 1.82) is 0 Å². The van der Waals surface area contributed by atoms with Gasteiger partial charge in [-0.2, -0.15) is 0 Å². The molecule has 3 nitrogen and oxygen atoms in total. The quantitative estimate of drug-likeness (QED) is 0.624. The monoisotopic (exact) mass is 167 g/mol. The van der Waals surface area contributed by atoms with E-state index in [0.29, 0.717) is 6.61 Å². The van der Waals surface area contributed by atoms with Gasteiger partial charge in [0, 0.05) is 7.11 Å². The highest BCUT2D eigenvalue weighted by Gasteiger charge is 1.84. The van der Waals surface area contributed by atoms with Crippen LogP contribution in [0, 0.1) is 0 Å². The lowest BCUT2D eigenvalue weighted by molar-refractivity contribution is 0.185. The van der Waals surface area contributed by atoms with Crippen LogP contribution in [0.5, 0.6) is 0 Å². The molecule has 0 unspecified atom stereocenters. The van der Waals surface area contributed by atoms with Gasteiger partial charge in [0.05, 0.1) is 6.61 Å². The topological polar surface area (TPSA) is 49.7 Å². The van der Waals surface area contributed by atoms with Gasteiger partial charge in [-0.3, -0.25) is 0 Å². The summed E-state index contributed by atoms with van der Waals surface area (Å²) >= 11 is 0. The smallest absolute Gasteiger partial charge is 0.429 e. The Morgan fingerprint density at radius 2 is 1.75 bits per heavy atom.